The van der Waals surface area contributed by atoms with Crippen LogP contribution in [0.3, 0.4) is 0 Å². The Morgan fingerprint density at radius 2 is 2.05 bits per heavy atom. The summed E-state index contributed by atoms with van der Waals surface area (Å²) in [5.41, 5.74) is 0.671. The van der Waals surface area contributed by atoms with Gasteiger partial charge in [-0.1, -0.05) is 6.07 Å². The van der Waals surface area contributed by atoms with E-state index in [0.717, 1.165) is 31.6 Å². The molecule has 0 aromatic heterocycles. The quantitative estimate of drug-likeness (QED) is 0.761. The molecular formula is C16H25ClN2O2. The molecule has 1 aromatic carbocycles. The number of carbonyl (C=O) groups excluding carboxylic acids is 1. The van der Waals surface area contributed by atoms with Crippen molar-refractivity contribution in [1.29, 1.82) is 0 Å². The average molecular weight is 313 g/mol. The number of hydrogen-bond acceptors (Lipinski definition) is 3. The van der Waals surface area contributed by atoms with Crippen LogP contribution in [-0.2, 0) is 0 Å². The predicted octanol–water partition coefficient (Wildman–Crippen LogP) is 2.77. The third kappa shape index (κ3) is 5.94. The first-order chi connectivity index (χ1) is 9.79. The second-order valence-electron chi connectivity index (χ2n) is 5.27. The van der Waals surface area contributed by atoms with E-state index in [2.05, 4.69) is 10.6 Å². The maximum absolute atomic E-state index is 12.0. The highest BCUT2D eigenvalue weighted by Crippen LogP contribution is 2.24. The van der Waals surface area contributed by atoms with E-state index in [1.165, 1.54) is 12.8 Å². The lowest BCUT2D eigenvalue weighted by Gasteiger charge is -2.13. The Kier molecular flexibility index (Phi) is 8.16. The lowest BCUT2D eigenvalue weighted by molar-refractivity contribution is 0.0952. The highest BCUT2D eigenvalue weighted by Gasteiger charge is 2.16. The summed E-state index contributed by atoms with van der Waals surface area (Å²) in [7, 11) is 1.91. The minimum Gasteiger partial charge on any atom is -0.490 e. The second kappa shape index (κ2) is 9.64. The smallest absolute Gasteiger partial charge is 0.251 e. The van der Waals surface area contributed by atoms with Crippen molar-refractivity contribution in [1.82, 2.24) is 10.6 Å². The molecule has 0 aliphatic heterocycles. The topological polar surface area (TPSA) is 50.4 Å². The minimum atomic E-state index is -0.0297. The van der Waals surface area contributed by atoms with Crippen LogP contribution in [0, 0.1) is 0 Å². The fourth-order valence-corrected chi connectivity index (χ4v) is 2.48. The molecule has 0 radical (unpaired) electrons. The number of hydrogen-bond donors (Lipinski definition) is 2. The zero-order valence-corrected chi connectivity index (χ0v) is 13.4. The first kappa shape index (κ1) is 17.8. The summed E-state index contributed by atoms with van der Waals surface area (Å²) in [6.07, 6.45) is 6.00. The summed E-state index contributed by atoms with van der Waals surface area (Å²) in [5.74, 6) is 0.776. The van der Waals surface area contributed by atoms with Crippen LogP contribution in [-0.4, -0.2) is 32.1 Å². The monoisotopic (exact) mass is 312 g/mol. The van der Waals surface area contributed by atoms with E-state index in [4.69, 9.17) is 4.74 Å². The molecule has 1 fully saturated rings. The van der Waals surface area contributed by atoms with Gasteiger partial charge in [-0.25, -0.2) is 0 Å². The molecule has 1 aliphatic rings. The van der Waals surface area contributed by atoms with Crippen molar-refractivity contribution in [3.05, 3.63) is 29.8 Å². The number of ether oxygens (including phenoxy) is 1. The van der Waals surface area contributed by atoms with E-state index in [1.807, 2.05) is 31.3 Å². The summed E-state index contributed by atoms with van der Waals surface area (Å²) in [6, 6.07) is 7.48. The summed E-state index contributed by atoms with van der Waals surface area (Å²) in [6.45, 7) is 1.60. The average Bonchev–Trinajstić information content (AvgIpc) is 2.96. The number of amides is 1. The Morgan fingerprint density at radius 3 is 2.76 bits per heavy atom. The summed E-state index contributed by atoms with van der Waals surface area (Å²) in [4.78, 5) is 12.0. The van der Waals surface area contributed by atoms with Gasteiger partial charge in [-0.3, -0.25) is 4.79 Å². The molecule has 4 nitrogen and oxygen atoms in total. The molecule has 0 spiro atoms. The Balaban J connectivity index is 0.00000220. The summed E-state index contributed by atoms with van der Waals surface area (Å²) in [5, 5.41) is 5.98. The molecule has 118 valence electrons. The van der Waals surface area contributed by atoms with Gasteiger partial charge in [0.15, 0.2) is 0 Å². The molecule has 5 heteroatoms. The van der Waals surface area contributed by atoms with E-state index in [1.54, 1.807) is 0 Å². The SMILES string of the molecule is CNCCCNC(=O)c1cccc(OC2CCCC2)c1.Cl. The van der Waals surface area contributed by atoms with E-state index in [9.17, 15) is 4.79 Å². The molecular weight excluding hydrogens is 288 g/mol. The summed E-state index contributed by atoms with van der Waals surface area (Å²) >= 11 is 0. The Morgan fingerprint density at radius 1 is 1.29 bits per heavy atom. The maximum Gasteiger partial charge on any atom is 0.251 e. The van der Waals surface area contributed by atoms with Crippen LogP contribution in [0.5, 0.6) is 5.75 Å². The van der Waals surface area contributed by atoms with Gasteiger partial charge in [0.25, 0.3) is 5.91 Å². The van der Waals surface area contributed by atoms with Crippen molar-refractivity contribution in [2.45, 2.75) is 38.2 Å². The Bertz CT molecular complexity index is 434. The van der Waals surface area contributed by atoms with Crippen LogP contribution in [0.25, 0.3) is 0 Å². The number of benzene rings is 1. The van der Waals surface area contributed by atoms with Crippen LogP contribution < -0.4 is 15.4 Å². The molecule has 1 saturated carbocycles. The van der Waals surface area contributed by atoms with Gasteiger partial charge < -0.3 is 15.4 Å². The van der Waals surface area contributed by atoms with Gasteiger partial charge in [-0.15, -0.1) is 12.4 Å². The van der Waals surface area contributed by atoms with Crippen molar-refractivity contribution in [3.8, 4) is 5.75 Å². The molecule has 2 N–H and O–H groups in total. The van der Waals surface area contributed by atoms with E-state index in [0.29, 0.717) is 18.2 Å². The van der Waals surface area contributed by atoms with Gasteiger partial charge in [-0.05, 0) is 63.9 Å². The molecule has 21 heavy (non-hydrogen) atoms. The molecule has 1 amide bonds. The Labute approximate surface area is 133 Å². The zero-order chi connectivity index (χ0) is 14.2. The van der Waals surface area contributed by atoms with Crippen LogP contribution in [0.1, 0.15) is 42.5 Å². The van der Waals surface area contributed by atoms with Gasteiger partial charge in [0, 0.05) is 12.1 Å². The molecule has 1 aromatic rings. The van der Waals surface area contributed by atoms with Crippen LogP contribution >= 0.6 is 12.4 Å². The maximum atomic E-state index is 12.0. The molecule has 0 atom stereocenters. The third-order valence-electron chi connectivity index (χ3n) is 3.59. The van der Waals surface area contributed by atoms with Crippen LogP contribution in [0.15, 0.2) is 24.3 Å². The van der Waals surface area contributed by atoms with Gasteiger partial charge in [-0.2, -0.15) is 0 Å². The third-order valence-corrected chi connectivity index (χ3v) is 3.59. The zero-order valence-electron chi connectivity index (χ0n) is 12.6. The van der Waals surface area contributed by atoms with Gasteiger partial charge in [0.2, 0.25) is 0 Å². The molecule has 0 heterocycles. The largest absolute Gasteiger partial charge is 0.490 e. The molecule has 2 rings (SSSR count). The van der Waals surface area contributed by atoms with Crippen molar-refractivity contribution in [2.24, 2.45) is 0 Å². The van der Waals surface area contributed by atoms with Gasteiger partial charge in [0.05, 0.1) is 6.10 Å². The first-order valence-electron chi connectivity index (χ1n) is 7.49. The van der Waals surface area contributed by atoms with Crippen molar-refractivity contribution < 1.29 is 9.53 Å². The molecule has 1 aliphatic carbocycles. The molecule has 0 saturated heterocycles. The Hall–Kier alpha value is -1.26. The number of nitrogens with one attached hydrogen (secondary N) is 2. The first-order valence-corrected chi connectivity index (χ1v) is 7.49. The van der Waals surface area contributed by atoms with Crippen molar-refractivity contribution >= 4 is 18.3 Å². The lowest BCUT2D eigenvalue weighted by atomic mass is 10.2. The molecule has 0 unspecified atom stereocenters. The molecule has 0 bridgehead atoms. The van der Waals surface area contributed by atoms with Crippen LogP contribution in [0.4, 0.5) is 0 Å². The van der Waals surface area contributed by atoms with E-state index >= 15 is 0 Å². The highest BCUT2D eigenvalue weighted by atomic mass is 35.5. The summed E-state index contributed by atoms with van der Waals surface area (Å²) < 4.78 is 5.92. The minimum absolute atomic E-state index is 0. The highest BCUT2D eigenvalue weighted by molar-refractivity contribution is 5.94. The fourth-order valence-electron chi connectivity index (χ4n) is 2.48. The lowest BCUT2D eigenvalue weighted by Crippen LogP contribution is -2.26. The second-order valence-corrected chi connectivity index (χ2v) is 5.27. The predicted molar refractivity (Wildman–Crippen MR) is 87.5 cm³/mol. The van der Waals surface area contributed by atoms with E-state index < -0.39 is 0 Å². The standard InChI is InChI=1S/C16H24N2O2.ClH/c1-17-10-5-11-18-16(19)13-6-4-9-15(12-13)20-14-7-2-3-8-14;/h4,6,9,12,14,17H,2-3,5,7-8,10-11H2,1H3,(H,18,19);1H. The van der Waals surface area contributed by atoms with Gasteiger partial charge >= 0.3 is 0 Å². The van der Waals surface area contributed by atoms with Crippen molar-refractivity contribution in [3.63, 3.8) is 0 Å². The van der Waals surface area contributed by atoms with Crippen LogP contribution in [0.2, 0.25) is 0 Å². The normalized spacial score (nSPS) is 14.5. The van der Waals surface area contributed by atoms with E-state index in [-0.39, 0.29) is 18.3 Å². The number of rotatable bonds is 7. The number of halogens is 1. The number of carbonyl (C=O) groups is 1. The fraction of sp³-hybridized carbons (Fsp3) is 0.562. The van der Waals surface area contributed by atoms with Gasteiger partial charge in [0.1, 0.15) is 5.75 Å². The van der Waals surface area contributed by atoms with Crippen molar-refractivity contribution in [2.75, 3.05) is 20.1 Å².